The first kappa shape index (κ1) is 20.6. The molecule has 2 fully saturated rings. The molecular formula is C21H30FN3O3. The number of ether oxygens (including phenoxy) is 1. The molecule has 1 N–H and O–H groups in total. The molecule has 7 heteroatoms. The molecule has 1 saturated carbocycles. The van der Waals surface area contributed by atoms with Gasteiger partial charge >= 0.3 is 0 Å². The van der Waals surface area contributed by atoms with Crippen LogP contribution in [-0.2, 0) is 9.59 Å². The Morgan fingerprint density at radius 3 is 2.39 bits per heavy atom. The van der Waals surface area contributed by atoms with Gasteiger partial charge in [-0.2, -0.15) is 0 Å². The number of carbonyl (C=O) groups excluding carboxylic acids is 2. The van der Waals surface area contributed by atoms with Gasteiger partial charge < -0.3 is 15.0 Å². The Balaban J connectivity index is 1.31. The number of benzene rings is 1. The monoisotopic (exact) mass is 391 g/mol. The molecular weight excluding hydrogens is 361 g/mol. The summed E-state index contributed by atoms with van der Waals surface area (Å²) in [6.07, 6.45) is 6.33. The van der Waals surface area contributed by atoms with Crippen molar-refractivity contribution in [3.05, 3.63) is 30.1 Å². The van der Waals surface area contributed by atoms with Gasteiger partial charge in [0.2, 0.25) is 5.91 Å². The fourth-order valence-corrected chi connectivity index (χ4v) is 3.83. The van der Waals surface area contributed by atoms with E-state index in [4.69, 9.17) is 4.74 Å². The van der Waals surface area contributed by atoms with Gasteiger partial charge in [-0.25, -0.2) is 4.39 Å². The molecule has 6 nitrogen and oxygen atoms in total. The van der Waals surface area contributed by atoms with Crippen LogP contribution in [0.2, 0.25) is 0 Å². The van der Waals surface area contributed by atoms with Crippen LogP contribution >= 0.6 is 0 Å². The van der Waals surface area contributed by atoms with Crippen molar-refractivity contribution in [2.75, 3.05) is 45.9 Å². The maximum absolute atomic E-state index is 12.9. The van der Waals surface area contributed by atoms with Crippen molar-refractivity contribution < 1.29 is 18.7 Å². The topological polar surface area (TPSA) is 61.9 Å². The lowest BCUT2D eigenvalue weighted by atomic mass is 9.89. The second-order valence-corrected chi connectivity index (χ2v) is 7.71. The number of hydrogen-bond donors (Lipinski definition) is 1. The summed E-state index contributed by atoms with van der Waals surface area (Å²) in [5, 5.41) is 3.07. The molecule has 1 heterocycles. The Morgan fingerprint density at radius 1 is 1.04 bits per heavy atom. The molecule has 1 aliphatic heterocycles. The number of piperazine rings is 1. The van der Waals surface area contributed by atoms with Crippen molar-refractivity contribution in [3.8, 4) is 5.75 Å². The molecule has 2 amide bonds. The number of hydrogen-bond acceptors (Lipinski definition) is 4. The summed E-state index contributed by atoms with van der Waals surface area (Å²) in [6, 6.07) is 5.62. The van der Waals surface area contributed by atoms with Gasteiger partial charge in [-0.05, 0) is 43.0 Å². The SMILES string of the molecule is O=C(CN1CCN(C(=O)COc2ccc(F)cc2)CC1)NCC1CCCCC1. The highest BCUT2D eigenvalue weighted by atomic mass is 19.1. The van der Waals surface area contributed by atoms with Crippen molar-refractivity contribution in [1.29, 1.82) is 0 Å². The molecule has 28 heavy (non-hydrogen) atoms. The Hall–Kier alpha value is -2.15. The van der Waals surface area contributed by atoms with Crippen LogP contribution < -0.4 is 10.1 Å². The van der Waals surface area contributed by atoms with Crippen LogP contribution in [0.15, 0.2) is 24.3 Å². The third-order valence-corrected chi connectivity index (χ3v) is 5.58. The van der Waals surface area contributed by atoms with E-state index in [1.165, 1.54) is 56.4 Å². The Bertz CT molecular complexity index is 639. The summed E-state index contributed by atoms with van der Waals surface area (Å²) in [5.74, 6) is 0.754. The van der Waals surface area contributed by atoms with Gasteiger partial charge in [0.1, 0.15) is 11.6 Å². The van der Waals surface area contributed by atoms with E-state index in [-0.39, 0.29) is 24.2 Å². The largest absolute Gasteiger partial charge is 0.484 e. The van der Waals surface area contributed by atoms with Crippen molar-refractivity contribution in [2.45, 2.75) is 32.1 Å². The molecule has 3 rings (SSSR count). The van der Waals surface area contributed by atoms with Crippen LogP contribution in [0.4, 0.5) is 4.39 Å². The van der Waals surface area contributed by atoms with Crippen LogP contribution in [-0.4, -0.2) is 67.5 Å². The molecule has 0 spiro atoms. The Labute approximate surface area is 166 Å². The van der Waals surface area contributed by atoms with Crippen molar-refractivity contribution >= 4 is 11.8 Å². The van der Waals surface area contributed by atoms with E-state index >= 15 is 0 Å². The van der Waals surface area contributed by atoms with E-state index in [9.17, 15) is 14.0 Å². The standard InChI is InChI=1S/C21H30FN3O3/c22-18-6-8-19(9-7-18)28-16-21(27)25-12-10-24(11-13-25)15-20(26)23-14-17-4-2-1-3-5-17/h6-9,17H,1-5,10-16H2,(H,23,26). The number of nitrogens with one attached hydrogen (secondary N) is 1. The second kappa shape index (κ2) is 10.4. The van der Waals surface area contributed by atoms with Gasteiger partial charge in [0, 0.05) is 32.7 Å². The molecule has 1 aliphatic carbocycles. The van der Waals surface area contributed by atoms with Crippen molar-refractivity contribution in [1.82, 2.24) is 15.1 Å². The van der Waals surface area contributed by atoms with Gasteiger partial charge in [0.05, 0.1) is 6.54 Å². The van der Waals surface area contributed by atoms with E-state index in [1.807, 2.05) is 0 Å². The summed E-state index contributed by atoms with van der Waals surface area (Å²) in [4.78, 5) is 28.3. The van der Waals surface area contributed by atoms with Gasteiger partial charge in [-0.3, -0.25) is 14.5 Å². The quantitative estimate of drug-likeness (QED) is 0.773. The molecule has 1 aromatic carbocycles. The highest BCUT2D eigenvalue weighted by molar-refractivity contribution is 5.79. The summed E-state index contributed by atoms with van der Waals surface area (Å²) >= 11 is 0. The lowest BCUT2D eigenvalue weighted by molar-refractivity contribution is -0.135. The predicted octanol–water partition coefficient (Wildman–Crippen LogP) is 2.05. The van der Waals surface area contributed by atoms with Crippen LogP contribution in [0.25, 0.3) is 0 Å². The molecule has 0 atom stereocenters. The van der Waals surface area contributed by atoms with Crippen molar-refractivity contribution in [3.63, 3.8) is 0 Å². The van der Waals surface area contributed by atoms with Gasteiger partial charge in [-0.1, -0.05) is 19.3 Å². The first-order valence-corrected chi connectivity index (χ1v) is 10.3. The van der Waals surface area contributed by atoms with Gasteiger partial charge in [0.25, 0.3) is 5.91 Å². The molecule has 2 aliphatic rings. The van der Waals surface area contributed by atoms with Crippen LogP contribution in [0.1, 0.15) is 32.1 Å². The zero-order valence-electron chi connectivity index (χ0n) is 16.4. The predicted molar refractivity (Wildman–Crippen MR) is 104 cm³/mol. The smallest absolute Gasteiger partial charge is 0.260 e. The molecule has 154 valence electrons. The first-order chi connectivity index (χ1) is 13.6. The first-order valence-electron chi connectivity index (χ1n) is 10.3. The lowest BCUT2D eigenvalue weighted by Gasteiger charge is -2.34. The molecule has 0 radical (unpaired) electrons. The second-order valence-electron chi connectivity index (χ2n) is 7.71. The van der Waals surface area contributed by atoms with Gasteiger partial charge in [0.15, 0.2) is 6.61 Å². The maximum Gasteiger partial charge on any atom is 0.260 e. The molecule has 0 unspecified atom stereocenters. The van der Waals surface area contributed by atoms with Crippen LogP contribution in [0, 0.1) is 11.7 Å². The van der Waals surface area contributed by atoms with E-state index in [1.54, 1.807) is 4.90 Å². The van der Waals surface area contributed by atoms with Crippen molar-refractivity contribution in [2.24, 2.45) is 5.92 Å². The number of rotatable bonds is 7. The van der Waals surface area contributed by atoms with E-state index in [0.717, 1.165) is 6.54 Å². The summed E-state index contributed by atoms with van der Waals surface area (Å²) < 4.78 is 18.3. The maximum atomic E-state index is 12.9. The molecule has 1 aromatic rings. The van der Waals surface area contributed by atoms with Crippen LogP contribution in [0.3, 0.4) is 0 Å². The van der Waals surface area contributed by atoms with E-state index < -0.39 is 0 Å². The Morgan fingerprint density at radius 2 is 1.71 bits per heavy atom. The number of carbonyl (C=O) groups is 2. The average Bonchev–Trinajstić information content (AvgIpc) is 2.73. The van der Waals surface area contributed by atoms with E-state index in [2.05, 4.69) is 10.2 Å². The summed E-state index contributed by atoms with van der Waals surface area (Å²) in [7, 11) is 0. The highest BCUT2D eigenvalue weighted by Gasteiger charge is 2.23. The number of nitrogens with zero attached hydrogens (tertiary/aromatic N) is 2. The summed E-state index contributed by atoms with van der Waals surface area (Å²) in [5.41, 5.74) is 0. The third-order valence-electron chi connectivity index (χ3n) is 5.58. The molecule has 0 aromatic heterocycles. The minimum atomic E-state index is -0.336. The van der Waals surface area contributed by atoms with Gasteiger partial charge in [-0.15, -0.1) is 0 Å². The third kappa shape index (κ3) is 6.48. The fraction of sp³-hybridized carbons (Fsp3) is 0.619. The van der Waals surface area contributed by atoms with Crippen LogP contribution in [0.5, 0.6) is 5.75 Å². The number of halogens is 1. The molecule has 0 bridgehead atoms. The average molecular weight is 391 g/mol. The minimum Gasteiger partial charge on any atom is -0.484 e. The minimum absolute atomic E-state index is 0.0620. The lowest BCUT2D eigenvalue weighted by Crippen LogP contribution is -2.52. The zero-order chi connectivity index (χ0) is 19.8. The summed E-state index contributed by atoms with van der Waals surface area (Å²) in [6.45, 7) is 3.65. The zero-order valence-corrected chi connectivity index (χ0v) is 16.4. The normalized spacial score (nSPS) is 18.7. The Kier molecular flexibility index (Phi) is 7.65. The fourth-order valence-electron chi connectivity index (χ4n) is 3.83. The molecule has 1 saturated heterocycles. The van der Waals surface area contributed by atoms with E-state index in [0.29, 0.717) is 44.4 Å². The number of amides is 2. The highest BCUT2D eigenvalue weighted by Crippen LogP contribution is 2.22.